The predicted octanol–water partition coefficient (Wildman–Crippen LogP) is 1.77. The molecule has 0 radical (unpaired) electrons. The maximum Gasteiger partial charge on any atom is 0.175 e. The minimum Gasteiger partial charge on any atom is -0.314 e. The molecule has 94 valence electrons. The number of hydrogen-bond acceptors (Lipinski definition) is 3. The maximum atomic E-state index is 11.3. The number of rotatable bonds is 6. The van der Waals surface area contributed by atoms with Gasteiger partial charge in [-0.25, -0.2) is 8.42 Å². The van der Waals surface area contributed by atoms with E-state index in [1.54, 1.807) is 12.1 Å². The van der Waals surface area contributed by atoms with E-state index in [-0.39, 0.29) is 0 Å². The maximum absolute atomic E-state index is 11.3. The van der Waals surface area contributed by atoms with E-state index in [2.05, 4.69) is 5.32 Å². The monoisotopic (exact) mass is 253 g/mol. The van der Waals surface area contributed by atoms with Crippen molar-refractivity contribution in [3.63, 3.8) is 0 Å². The third-order valence-corrected chi connectivity index (χ3v) is 4.13. The van der Waals surface area contributed by atoms with Crippen LogP contribution in [0.5, 0.6) is 0 Å². The van der Waals surface area contributed by atoms with Crippen LogP contribution in [0, 0.1) is 0 Å². The van der Waals surface area contributed by atoms with Gasteiger partial charge >= 0.3 is 0 Å². The van der Waals surface area contributed by atoms with Crippen molar-refractivity contribution in [3.8, 4) is 0 Å². The van der Waals surface area contributed by atoms with Crippen molar-refractivity contribution in [2.75, 3.05) is 12.8 Å². The van der Waals surface area contributed by atoms with E-state index in [0.717, 1.165) is 25.4 Å². The second-order valence-electron chi connectivity index (χ2n) is 4.75. The Morgan fingerprint density at radius 3 is 2.41 bits per heavy atom. The molecule has 0 atom stereocenters. The van der Waals surface area contributed by atoms with E-state index in [1.165, 1.54) is 24.7 Å². The molecule has 0 amide bonds. The SMILES string of the molecule is CS(=O)(=O)c1ccc(CCCNC2CC2)cc1. The van der Waals surface area contributed by atoms with Crippen molar-refractivity contribution in [2.45, 2.75) is 36.6 Å². The zero-order valence-electron chi connectivity index (χ0n) is 10.1. The lowest BCUT2D eigenvalue weighted by Crippen LogP contribution is -2.17. The fraction of sp³-hybridized carbons (Fsp3) is 0.538. The molecule has 1 aliphatic carbocycles. The summed E-state index contributed by atoms with van der Waals surface area (Å²) in [5.74, 6) is 0. The highest BCUT2D eigenvalue weighted by molar-refractivity contribution is 7.90. The van der Waals surface area contributed by atoms with E-state index in [4.69, 9.17) is 0 Å². The molecule has 0 aromatic heterocycles. The van der Waals surface area contributed by atoms with Crippen LogP contribution in [0.2, 0.25) is 0 Å². The zero-order valence-corrected chi connectivity index (χ0v) is 11.0. The van der Waals surface area contributed by atoms with Crippen LogP contribution in [-0.4, -0.2) is 27.3 Å². The van der Waals surface area contributed by atoms with E-state index in [1.807, 2.05) is 12.1 Å². The first-order valence-corrected chi connectivity index (χ1v) is 7.97. The van der Waals surface area contributed by atoms with Crippen LogP contribution < -0.4 is 5.32 Å². The molecule has 1 aliphatic rings. The highest BCUT2D eigenvalue weighted by atomic mass is 32.2. The average Bonchev–Trinajstić information content (AvgIpc) is 3.08. The first-order valence-electron chi connectivity index (χ1n) is 6.08. The molecule has 17 heavy (non-hydrogen) atoms. The summed E-state index contributed by atoms with van der Waals surface area (Å²) in [6.45, 7) is 1.05. The van der Waals surface area contributed by atoms with Crippen LogP contribution in [0.25, 0.3) is 0 Å². The predicted molar refractivity (Wildman–Crippen MR) is 68.9 cm³/mol. The fourth-order valence-electron chi connectivity index (χ4n) is 1.79. The van der Waals surface area contributed by atoms with Gasteiger partial charge in [0.2, 0.25) is 0 Å². The minimum atomic E-state index is -3.06. The van der Waals surface area contributed by atoms with Crippen molar-refractivity contribution in [1.29, 1.82) is 0 Å². The number of nitrogens with one attached hydrogen (secondary N) is 1. The van der Waals surface area contributed by atoms with Gasteiger partial charge < -0.3 is 5.32 Å². The van der Waals surface area contributed by atoms with E-state index >= 15 is 0 Å². The van der Waals surface area contributed by atoms with Gasteiger partial charge in [0.1, 0.15) is 0 Å². The normalized spacial score (nSPS) is 16.1. The standard InChI is InChI=1S/C13H19NO2S/c1-17(15,16)13-8-4-11(5-9-13)3-2-10-14-12-6-7-12/h4-5,8-9,12,14H,2-3,6-7,10H2,1H3. The van der Waals surface area contributed by atoms with Gasteiger partial charge in [-0.3, -0.25) is 0 Å². The molecule has 0 heterocycles. The summed E-state index contributed by atoms with van der Waals surface area (Å²) < 4.78 is 22.6. The van der Waals surface area contributed by atoms with E-state index in [0.29, 0.717) is 4.90 Å². The second-order valence-corrected chi connectivity index (χ2v) is 6.76. The van der Waals surface area contributed by atoms with Gasteiger partial charge in [-0.1, -0.05) is 12.1 Å². The average molecular weight is 253 g/mol. The quantitative estimate of drug-likeness (QED) is 0.786. The third kappa shape index (κ3) is 4.13. The van der Waals surface area contributed by atoms with Crippen LogP contribution in [0.15, 0.2) is 29.2 Å². The Hall–Kier alpha value is -0.870. The smallest absolute Gasteiger partial charge is 0.175 e. The minimum absolute atomic E-state index is 0.400. The molecule has 2 rings (SSSR count). The molecule has 4 heteroatoms. The summed E-state index contributed by atoms with van der Waals surface area (Å²) in [4.78, 5) is 0.400. The van der Waals surface area contributed by atoms with Crippen LogP contribution in [0.4, 0.5) is 0 Å². The van der Waals surface area contributed by atoms with Crippen LogP contribution >= 0.6 is 0 Å². The summed E-state index contributed by atoms with van der Waals surface area (Å²) in [6.07, 6.45) is 5.99. The van der Waals surface area contributed by atoms with E-state index in [9.17, 15) is 8.42 Å². The fourth-order valence-corrected chi connectivity index (χ4v) is 2.42. The molecular formula is C13H19NO2S. The lowest BCUT2D eigenvalue weighted by Gasteiger charge is -2.04. The lowest BCUT2D eigenvalue weighted by molar-refractivity contribution is 0.602. The number of sulfone groups is 1. The molecular weight excluding hydrogens is 234 g/mol. The molecule has 0 saturated heterocycles. The molecule has 1 fully saturated rings. The van der Waals surface area contributed by atoms with Crippen LogP contribution in [-0.2, 0) is 16.3 Å². The molecule has 0 bridgehead atoms. The topological polar surface area (TPSA) is 46.2 Å². The van der Waals surface area contributed by atoms with Crippen molar-refractivity contribution in [2.24, 2.45) is 0 Å². The largest absolute Gasteiger partial charge is 0.314 e. The molecule has 0 aliphatic heterocycles. The van der Waals surface area contributed by atoms with Crippen molar-refractivity contribution in [1.82, 2.24) is 5.32 Å². The summed E-state index contributed by atoms with van der Waals surface area (Å²) >= 11 is 0. The Balaban J connectivity index is 1.80. The van der Waals surface area contributed by atoms with Crippen molar-refractivity contribution in [3.05, 3.63) is 29.8 Å². The molecule has 1 aromatic rings. The molecule has 3 nitrogen and oxygen atoms in total. The van der Waals surface area contributed by atoms with Gasteiger partial charge in [0.25, 0.3) is 0 Å². The Labute approximate surface area is 103 Å². The first-order chi connectivity index (χ1) is 8.05. The van der Waals surface area contributed by atoms with Crippen LogP contribution in [0.1, 0.15) is 24.8 Å². The number of benzene rings is 1. The van der Waals surface area contributed by atoms with Gasteiger partial charge in [0.15, 0.2) is 9.84 Å². The number of hydrogen-bond donors (Lipinski definition) is 1. The van der Waals surface area contributed by atoms with Gasteiger partial charge in [-0.2, -0.15) is 0 Å². The van der Waals surface area contributed by atoms with Crippen molar-refractivity contribution >= 4 is 9.84 Å². The number of aryl methyl sites for hydroxylation is 1. The third-order valence-electron chi connectivity index (χ3n) is 3.00. The van der Waals surface area contributed by atoms with Gasteiger partial charge in [0.05, 0.1) is 4.90 Å². The molecule has 1 aromatic carbocycles. The zero-order chi connectivity index (χ0) is 12.3. The lowest BCUT2D eigenvalue weighted by atomic mass is 10.1. The van der Waals surface area contributed by atoms with Crippen molar-refractivity contribution < 1.29 is 8.42 Å². The Morgan fingerprint density at radius 2 is 1.88 bits per heavy atom. The van der Waals surface area contributed by atoms with Crippen LogP contribution in [0.3, 0.4) is 0 Å². The molecule has 0 spiro atoms. The summed E-state index contributed by atoms with van der Waals surface area (Å²) in [5.41, 5.74) is 1.20. The highest BCUT2D eigenvalue weighted by Gasteiger charge is 2.19. The molecule has 1 N–H and O–H groups in total. The second kappa shape index (κ2) is 5.19. The van der Waals surface area contributed by atoms with E-state index < -0.39 is 9.84 Å². The summed E-state index contributed by atoms with van der Waals surface area (Å²) in [7, 11) is -3.06. The first kappa shape index (κ1) is 12.6. The Morgan fingerprint density at radius 1 is 1.24 bits per heavy atom. The summed E-state index contributed by atoms with van der Waals surface area (Å²) in [6, 6.07) is 7.97. The molecule has 1 saturated carbocycles. The Kier molecular flexibility index (Phi) is 3.84. The van der Waals surface area contributed by atoms with Gasteiger partial charge in [-0.05, 0) is 49.9 Å². The summed E-state index contributed by atoms with van der Waals surface area (Å²) in [5, 5.41) is 3.47. The highest BCUT2D eigenvalue weighted by Crippen LogP contribution is 2.18. The Bertz CT molecular complexity index is 461. The van der Waals surface area contributed by atoms with Gasteiger partial charge in [-0.15, -0.1) is 0 Å². The van der Waals surface area contributed by atoms with Gasteiger partial charge in [0, 0.05) is 12.3 Å². The molecule has 0 unspecified atom stereocenters.